The molecule has 1 saturated heterocycles. The fourth-order valence-electron chi connectivity index (χ4n) is 1.68. The lowest BCUT2D eigenvalue weighted by atomic mass is 10.0. The summed E-state index contributed by atoms with van der Waals surface area (Å²) in [6, 6.07) is 9.60. The molecular weight excluding hydrogens is 192 g/mol. The summed E-state index contributed by atoms with van der Waals surface area (Å²) in [4.78, 5) is 0. The zero-order valence-corrected chi connectivity index (χ0v) is 8.39. The molecule has 0 saturated carbocycles. The number of morpholine rings is 1. The van der Waals surface area contributed by atoms with E-state index in [9.17, 15) is 0 Å². The molecule has 0 amide bonds. The molecular formula is C11H14N2O2. The van der Waals surface area contributed by atoms with Gasteiger partial charge in [-0.05, 0) is 0 Å². The third kappa shape index (κ3) is 2.34. The summed E-state index contributed by atoms with van der Waals surface area (Å²) in [6.07, 6.45) is 0. The molecule has 15 heavy (non-hydrogen) atoms. The molecule has 0 bridgehead atoms. The maximum absolute atomic E-state index is 9.02. The minimum absolute atomic E-state index is 0.0221. The van der Waals surface area contributed by atoms with Crippen molar-refractivity contribution in [3.05, 3.63) is 35.9 Å². The Kier molecular flexibility index (Phi) is 3.32. The second-order valence-corrected chi connectivity index (χ2v) is 3.43. The van der Waals surface area contributed by atoms with Crippen LogP contribution in [0, 0.1) is 0 Å². The van der Waals surface area contributed by atoms with Crippen LogP contribution < -0.4 is 5.32 Å². The summed E-state index contributed by atoms with van der Waals surface area (Å²) in [5, 5.41) is 15.6. The van der Waals surface area contributed by atoms with Gasteiger partial charge in [0.1, 0.15) is 5.71 Å². The number of hydrogen-bond acceptors (Lipinski definition) is 4. The lowest BCUT2D eigenvalue weighted by molar-refractivity contribution is 0.0941. The fourth-order valence-corrected chi connectivity index (χ4v) is 1.68. The Morgan fingerprint density at radius 1 is 1.40 bits per heavy atom. The standard InChI is InChI=1S/C11H14N2O2/c14-13-11(9-4-2-1-3-5-9)10-8-15-7-6-12-10/h1-5,10,12,14H,6-8H2/b13-11+. The summed E-state index contributed by atoms with van der Waals surface area (Å²) in [6.45, 7) is 2.05. The Balaban J connectivity index is 2.17. The summed E-state index contributed by atoms with van der Waals surface area (Å²) in [7, 11) is 0. The smallest absolute Gasteiger partial charge is 0.106 e. The van der Waals surface area contributed by atoms with Gasteiger partial charge in [0.05, 0.1) is 19.3 Å². The van der Waals surface area contributed by atoms with Gasteiger partial charge < -0.3 is 15.3 Å². The van der Waals surface area contributed by atoms with Crippen molar-refractivity contribution in [2.45, 2.75) is 6.04 Å². The van der Waals surface area contributed by atoms with Gasteiger partial charge in [0.25, 0.3) is 0 Å². The molecule has 2 N–H and O–H groups in total. The monoisotopic (exact) mass is 206 g/mol. The molecule has 80 valence electrons. The highest BCUT2D eigenvalue weighted by Crippen LogP contribution is 2.07. The van der Waals surface area contributed by atoms with E-state index in [0.29, 0.717) is 18.9 Å². The van der Waals surface area contributed by atoms with Crippen molar-refractivity contribution >= 4 is 5.71 Å². The fraction of sp³-hybridized carbons (Fsp3) is 0.364. The minimum atomic E-state index is -0.0221. The first kappa shape index (κ1) is 10.1. The quantitative estimate of drug-likeness (QED) is 0.428. The van der Waals surface area contributed by atoms with Crippen LogP contribution >= 0.6 is 0 Å². The van der Waals surface area contributed by atoms with Crippen LogP contribution in [-0.4, -0.2) is 36.7 Å². The summed E-state index contributed by atoms with van der Waals surface area (Å²) < 4.78 is 5.33. The van der Waals surface area contributed by atoms with E-state index < -0.39 is 0 Å². The normalized spacial score (nSPS) is 22.7. The highest BCUT2D eigenvalue weighted by molar-refractivity contribution is 6.04. The van der Waals surface area contributed by atoms with Crippen LogP contribution in [0.2, 0.25) is 0 Å². The molecule has 1 aromatic rings. The number of hydrogen-bond donors (Lipinski definition) is 2. The molecule has 0 aromatic heterocycles. The molecule has 0 aliphatic carbocycles. The SMILES string of the molecule is O/N=C(\c1ccccc1)C1COCCN1. The Morgan fingerprint density at radius 2 is 2.20 bits per heavy atom. The van der Waals surface area contributed by atoms with Gasteiger partial charge in [-0.15, -0.1) is 0 Å². The van der Waals surface area contributed by atoms with Crippen molar-refractivity contribution in [2.75, 3.05) is 19.8 Å². The van der Waals surface area contributed by atoms with Gasteiger partial charge in [-0.2, -0.15) is 0 Å². The summed E-state index contributed by atoms with van der Waals surface area (Å²) in [5.41, 5.74) is 1.55. The molecule has 1 aliphatic heterocycles. The number of rotatable bonds is 2. The van der Waals surface area contributed by atoms with Crippen molar-refractivity contribution in [2.24, 2.45) is 5.16 Å². The van der Waals surface area contributed by atoms with Gasteiger partial charge in [-0.25, -0.2) is 0 Å². The molecule has 1 aromatic carbocycles. The molecule has 4 nitrogen and oxygen atoms in total. The molecule has 4 heteroatoms. The Hall–Kier alpha value is -1.39. The van der Waals surface area contributed by atoms with Crippen molar-refractivity contribution in [1.82, 2.24) is 5.32 Å². The number of oxime groups is 1. The number of benzene rings is 1. The Morgan fingerprint density at radius 3 is 2.80 bits per heavy atom. The third-order valence-corrected chi connectivity index (χ3v) is 2.43. The Labute approximate surface area is 88.6 Å². The lowest BCUT2D eigenvalue weighted by Crippen LogP contribution is -2.46. The second kappa shape index (κ2) is 4.91. The molecule has 2 rings (SSSR count). The highest BCUT2D eigenvalue weighted by atomic mass is 16.5. The predicted octanol–water partition coefficient (Wildman–Crippen LogP) is 0.853. The molecule has 1 unspecified atom stereocenters. The zero-order valence-electron chi connectivity index (χ0n) is 8.39. The largest absolute Gasteiger partial charge is 0.411 e. The van der Waals surface area contributed by atoms with Gasteiger partial charge in [0, 0.05) is 12.1 Å². The molecule has 0 spiro atoms. The first-order chi connectivity index (χ1) is 7.42. The van der Waals surface area contributed by atoms with Crippen LogP contribution in [0.5, 0.6) is 0 Å². The topological polar surface area (TPSA) is 53.9 Å². The molecule has 1 aliphatic rings. The minimum Gasteiger partial charge on any atom is -0.411 e. The van der Waals surface area contributed by atoms with Gasteiger partial charge in [0.15, 0.2) is 0 Å². The Bertz CT molecular complexity index is 332. The second-order valence-electron chi connectivity index (χ2n) is 3.43. The van der Waals surface area contributed by atoms with Gasteiger partial charge in [-0.1, -0.05) is 35.5 Å². The van der Waals surface area contributed by atoms with Gasteiger partial charge in [0.2, 0.25) is 0 Å². The lowest BCUT2D eigenvalue weighted by Gasteiger charge is -2.24. The van der Waals surface area contributed by atoms with Crippen molar-refractivity contribution in [1.29, 1.82) is 0 Å². The molecule has 1 fully saturated rings. The van der Waals surface area contributed by atoms with Crippen molar-refractivity contribution in [3.8, 4) is 0 Å². The predicted molar refractivity (Wildman–Crippen MR) is 57.4 cm³/mol. The van der Waals surface area contributed by atoms with Gasteiger partial charge >= 0.3 is 0 Å². The van der Waals surface area contributed by atoms with Gasteiger partial charge in [-0.3, -0.25) is 0 Å². The van der Waals surface area contributed by atoms with Crippen LogP contribution in [0.1, 0.15) is 5.56 Å². The van der Waals surface area contributed by atoms with Crippen LogP contribution in [0.3, 0.4) is 0 Å². The van der Waals surface area contributed by atoms with E-state index in [0.717, 1.165) is 12.1 Å². The maximum Gasteiger partial charge on any atom is 0.106 e. The first-order valence-electron chi connectivity index (χ1n) is 5.00. The van der Waals surface area contributed by atoms with E-state index in [1.165, 1.54) is 0 Å². The highest BCUT2D eigenvalue weighted by Gasteiger charge is 2.20. The van der Waals surface area contributed by atoms with E-state index in [1.54, 1.807) is 0 Å². The maximum atomic E-state index is 9.02. The number of ether oxygens (including phenoxy) is 1. The van der Waals surface area contributed by atoms with Crippen molar-refractivity contribution < 1.29 is 9.94 Å². The van der Waals surface area contributed by atoms with E-state index in [4.69, 9.17) is 9.94 Å². The first-order valence-corrected chi connectivity index (χ1v) is 5.00. The van der Waals surface area contributed by atoms with E-state index >= 15 is 0 Å². The molecule has 0 radical (unpaired) electrons. The molecule has 1 atom stereocenters. The van der Waals surface area contributed by atoms with Crippen LogP contribution in [0.25, 0.3) is 0 Å². The summed E-state index contributed by atoms with van der Waals surface area (Å²) in [5.74, 6) is 0. The van der Waals surface area contributed by atoms with E-state index in [1.807, 2.05) is 30.3 Å². The van der Waals surface area contributed by atoms with E-state index in [-0.39, 0.29) is 6.04 Å². The molecule has 1 heterocycles. The zero-order chi connectivity index (χ0) is 10.5. The number of nitrogens with one attached hydrogen (secondary N) is 1. The van der Waals surface area contributed by atoms with Crippen LogP contribution in [0.15, 0.2) is 35.5 Å². The van der Waals surface area contributed by atoms with E-state index in [2.05, 4.69) is 10.5 Å². The summed E-state index contributed by atoms with van der Waals surface area (Å²) >= 11 is 0. The number of nitrogens with zero attached hydrogens (tertiary/aromatic N) is 1. The van der Waals surface area contributed by atoms with Crippen molar-refractivity contribution in [3.63, 3.8) is 0 Å². The average molecular weight is 206 g/mol. The van der Waals surface area contributed by atoms with Crippen LogP contribution in [0.4, 0.5) is 0 Å². The third-order valence-electron chi connectivity index (χ3n) is 2.43. The van der Waals surface area contributed by atoms with Crippen LogP contribution in [-0.2, 0) is 4.74 Å². The average Bonchev–Trinajstić information content (AvgIpc) is 2.33.